The van der Waals surface area contributed by atoms with Crippen LogP contribution in [0.5, 0.6) is 0 Å². The van der Waals surface area contributed by atoms with Crippen LogP contribution in [-0.4, -0.2) is 27.5 Å². The maximum atomic E-state index is 13.1. The number of hydrogen-bond acceptors (Lipinski definition) is 3. The van der Waals surface area contributed by atoms with Crippen molar-refractivity contribution in [2.45, 2.75) is 30.7 Å². The van der Waals surface area contributed by atoms with Crippen molar-refractivity contribution in [1.29, 1.82) is 0 Å². The van der Waals surface area contributed by atoms with Gasteiger partial charge < -0.3 is 5.32 Å². The summed E-state index contributed by atoms with van der Waals surface area (Å²) in [6.45, 7) is 3.18. The van der Waals surface area contributed by atoms with Gasteiger partial charge in [-0.25, -0.2) is 17.5 Å². The predicted molar refractivity (Wildman–Crippen MR) is 67.4 cm³/mol. The van der Waals surface area contributed by atoms with Gasteiger partial charge in [0.05, 0.1) is 4.90 Å². The third kappa shape index (κ3) is 3.07. The summed E-state index contributed by atoms with van der Waals surface area (Å²) in [5.41, 5.74) is 0.336. The van der Waals surface area contributed by atoms with E-state index in [4.69, 9.17) is 0 Å². The summed E-state index contributed by atoms with van der Waals surface area (Å²) in [6, 6.07) is 3.80. The predicted octanol–water partition coefficient (Wildman–Crippen LogP) is 1.16. The Morgan fingerprint density at radius 2 is 2.00 bits per heavy atom. The van der Waals surface area contributed by atoms with E-state index >= 15 is 0 Å². The second kappa shape index (κ2) is 5.34. The Balaban J connectivity index is 2.16. The van der Waals surface area contributed by atoms with Gasteiger partial charge in [0, 0.05) is 6.04 Å². The average molecular weight is 272 g/mol. The Morgan fingerprint density at radius 3 is 2.61 bits per heavy atom. The lowest BCUT2D eigenvalue weighted by Crippen LogP contribution is -2.42. The number of aryl methyl sites for hydroxylation is 1. The first kappa shape index (κ1) is 13.5. The second-order valence-corrected chi connectivity index (χ2v) is 6.27. The molecule has 6 heteroatoms. The van der Waals surface area contributed by atoms with Crippen molar-refractivity contribution in [2.24, 2.45) is 0 Å². The molecule has 0 aliphatic carbocycles. The molecular weight excluding hydrogens is 255 g/mol. The highest BCUT2D eigenvalue weighted by Gasteiger charge is 2.22. The van der Waals surface area contributed by atoms with Crippen molar-refractivity contribution >= 4 is 10.0 Å². The van der Waals surface area contributed by atoms with Crippen LogP contribution in [0.25, 0.3) is 0 Å². The number of benzene rings is 1. The molecule has 0 atom stereocenters. The van der Waals surface area contributed by atoms with E-state index in [1.807, 2.05) is 0 Å². The van der Waals surface area contributed by atoms with Gasteiger partial charge in [-0.1, -0.05) is 0 Å². The highest BCUT2D eigenvalue weighted by Crippen LogP contribution is 2.15. The van der Waals surface area contributed by atoms with Crippen LogP contribution in [-0.2, 0) is 10.0 Å². The molecule has 0 amide bonds. The third-order valence-corrected chi connectivity index (χ3v) is 4.62. The minimum Gasteiger partial charge on any atom is -0.317 e. The van der Waals surface area contributed by atoms with E-state index in [-0.39, 0.29) is 10.9 Å². The Hall–Kier alpha value is -0.980. The second-order valence-electron chi connectivity index (χ2n) is 4.56. The summed E-state index contributed by atoms with van der Waals surface area (Å²) in [5.74, 6) is -0.393. The Kier molecular flexibility index (Phi) is 3.99. The lowest BCUT2D eigenvalue weighted by Gasteiger charge is -2.23. The van der Waals surface area contributed by atoms with Crippen LogP contribution in [0.3, 0.4) is 0 Å². The molecule has 18 heavy (non-hydrogen) atoms. The molecule has 0 radical (unpaired) electrons. The van der Waals surface area contributed by atoms with E-state index in [1.165, 1.54) is 18.2 Å². The smallest absolute Gasteiger partial charge is 0.240 e. The number of nitrogens with one attached hydrogen (secondary N) is 2. The molecular formula is C12H17FN2O2S. The Bertz CT molecular complexity index is 525. The van der Waals surface area contributed by atoms with Gasteiger partial charge in [0.2, 0.25) is 10.0 Å². The zero-order valence-corrected chi connectivity index (χ0v) is 11.1. The maximum absolute atomic E-state index is 13.1. The van der Waals surface area contributed by atoms with E-state index in [0.717, 1.165) is 25.9 Å². The lowest BCUT2D eigenvalue weighted by molar-refractivity contribution is 0.427. The van der Waals surface area contributed by atoms with Gasteiger partial charge in [-0.05, 0) is 56.6 Å². The largest absolute Gasteiger partial charge is 0.317 e. The fraction of sp³-hybridized carbons (Fsp3) is 0.500. The fourth-order valence-corrected chi connectivity index (χ4v) is 3.40. The number of halogens is 1. The zero-order chi connectivity index (χ0) is 13.2. The van der Waals surface area contributed by atoms with Crippen molar-refractivity contribution < 1.29 is 12.8 Å². The van der Waals surface area contributed by atoms with E-state index < -0.39 is 15.8 Å². The monoisotopic (exact) mass is 272 g/mol. The van der Waals surface area contributed by atoms with Gasteiger partial charge in [0.25, 0.3) is 0 Å². The summed E-state index contributed by atoms with van der Waals surface area (Å²) in [6.07, 6.45) is 1.55. The van der Waals surface area contributed by atoms with Crippen molar-refractivity contribution in [3.05, 3.63) is 29.6 Å². The highest BCUT2D eigenvalue weighted by molar-refractivity contribution is 7.89. The minimum absolute atomic E-state index is 0.0402. The first-order chi connectivity index (χ1) is 8.49. The van der Waals surface area contributed by atoms with Gasteiger partial charge in [-0.2, -0.15) is 0 Å². The molecule has 1 aromatic carbocycles. The molecule has 1 aliphatic rings. The lowest BCUT2D eigenvalue weighted by atomic mass is 10.1. The fourth-order valence-electron chi connectivity index (χ4n) is 2.01. The van der Waals surface area contributed by atoms with Crippen LogP contribution in [0.4, 0.5) is 4.39 Å². The Labute approximate surface area is 107 Å². The highest BCUT2D eigenvalue weighted by atomic mass is 32.2. The molecule has 1 heterocycles. The topological polar surface area (TPSA) is 58.2 Å². The molecule has 0 aromatic heterocycles. The summed E-state index contributed by atoms with van der Waals surface area (Å²) in [5, 5.41) is 3.17. The summed E-state index contributed by atoms with van der Waals surface area (Å²) < 4.78 is 40.0. The van der Waals surface area contributed by atoms with Crippen molar-refractivity contribution in [3.8, 4) is 0 Å². The molecule has 1 saturated heterocycles. The van der Waals surface area contributed by atoms with Gasteiger partial charge in [-0.3, -0.25) is 0 Å². The van der Waals surface area contributed by atoms with Crippen LogP contribution in [0, 0.1) is 12.7 Å². The molecule has 2 rings (SSSR count). The average Bonchev–Trinajstić information content (AvgIpc) is 2.33. The zero-order valence-electron chi connectivity index (χ0n) is 10.2. The van der Waals surface area contributed by atoms with Crippen molar-refractivity contribution in [2.75, 3.05) is 13.1 Å². The first-order valence-electron chi connectivity index (χ1n) is 5.98. The van der Waals surface area contributed by atoms with E-state index in [1.54, 1.807) is 6.92 Å². The van der Waals surface area contributed by atoms with Gasteiger partial charge in [0.15, 0.2) is 0 Å². The Morgan fingerprint density at radius 1 is 1.33 bits per heavy atom. The van der Waals surface area contributed by atoms with E-state index in [0.29, 0.717) is 5.56 Å². The van der Waals surface area contributed by atoms with Gasteiger partial charge >= 0.3 is 0 Å². The van der Waals surface area contributed by atoms with Crippen LogP contribution in [0.1, 0.15) is 18.4 Å². The van der Waals surface area contributed by atoms with Crippen molar-refractivity contribution in [3.63, 3.8) is 0 Å². The van der Waals surface area contributed by atoms with Crippen molar-refractivity contribution in [1.82, 2.24) is 10.0 Å². The summed E-state index contributed by atoms with van der Waals surface area (Å²) in [7, 11) is -3.54. The molecule has 0 spiro atoms. The number of piperidine rings is 1. The standard InChI is InChI=1S/C12H17FN2O2S/c1-9-8-11(2-3-12(9)13)18(16,17)15-10-4-6-14-7-5-10/h2-3,8,10,14-15H,4-7H2,1H3. The quantitative estimate of drug-likeness (QED) is 0.868. The molecule has 1 fully saturated rings. The number of rotatable bonds is 3. The molecule has 0 bridgehead atoms. The summed E-state index contributed by atoms with van der Waals surface area (Å²) in [4.78, 5) is 0.125. The molecule has 1 aliphatic heterocycles. The van der Waals surface area contributed by atoms with E-state index in [9.17, 15) is 12.8 Å². The third-order valence-electron chi connectivity index (χ3n) is 3.10. The number of sulfonamides is 1. The molecule has 0 unspecified atom stereocenters. The molecule has 100 valence electrons. The molecule has 0 saturated carbocycles. The normalized spacial score (nSPS) is 17.9. The minimum atomic E-state index is -3.54. The summed E-state index contributed by atoms with van der Waals surface area (Å²) >= 11 is 0. The molecule has 1 aromatic rings. The molecule has 4 nitrogen and oxygen atoms in total. The molecule has 2 N–H and O–H groups in total. The van der Waals surface area contributed by atoms with Gasteiger partial charge in [-0.15, -0.1) is 0 Å². The van der Waals surface area contributed by atoms with Crippen LogP contribution in [0.15, 0.2) is 23.1 Å². The van der Waals surface area contributed by atoms with Crippen LogP contribution < -0.4 is 10.0 Å². The SMILES string of the molecule is Cc1cc(S(=O)(=O)NC2CCNCC2)ccc1F. The van der Waals surface area contributed by atoms with E-state index in [2.05, 4.69) is 10.0 Å². The number of hydrogen-bond donors (Lipinski definition) is 2. The van der Waals surface area contributed by atoms with Gasteiger partial charge in [0.1, 0.15) is 5.82 Å². The van der Waals surface area contributed by atoms with Crippen LogP contribution >= 0.6 is 0 Å². The maximum Gasteiger partial charge on any atom is 0.240 e. The van der Waals surface area contributed by atoms with Crippen LogP contribution in [0.2, 0.25) is 0 Å². The first-order valence-corrected chi connectivity index (χ1v) is 7.46.